The number of piperidine rings is 2. The lowest BCUT2D eigenvalue weighted by molar-refractivity contribution is -0.136. The van der Waals surface area contributed by atoms with Crippen LogP contribution < -0.4 is 16.0 Å². The molecule has 11 heteroatoms. The molecule has 3 saturated heterocycles. The lowest BCUT2D eigenvalue weighted by atomic mass is 9.95. The predicted octanol–water partition coefficient (Wildman–Crippen LogP) is 2.14. The molecule has 3 fully saturated rings. The van der Waals surface area contributed by atoms with E-state index in [0.29, 0.717) is 29.4 Å². The smallest absolute Gasteiger partial charge is 0.262 e. The van der Waals surface area contributed by atoms with Gasteiger partial charge in [0.2, 0.25) is 17.7 Å². The number of carbonyl (C=O) groups is 5. The molecule has 3 N–H and O–H groups in total. The van der Waals surface area contributed by atoms with E-state index in [1.165, 1.54) is 19.3 Å². The number of carbonyl (C=O) groups excluding carboxylic acids is 5. The first-order chi connectivity index (χ1) is 20.9. The van der Waals surface area contributed by atoms with Gasteiger partial charge in [0, 0.05) is 64.3 Å². The van der Waals surface area contributed by atoms with Crippen molar-refractivity contribution in [1.29, 1.82) is 0 Å². The number of hydrogen-bond acceptors (Lipinski definition) is 8. The summed E-state index contributed by atoms with van der Waals surface area (Å²) in [5.74, 6) is -1.03. The van der Waals surface area contributed by atoms with Gasteiger partial charge in [-0.25, -0.2) is 0 Å². The zero-order chi connectivity index (χ0) is 30.3. The Bertz CT molecular complexity index is 1200. The maximum absolute atomic E-state index is 13.2. The van der Waals surface area contributed by atoms with Crippen LogP contribution in [0.15, 0.2) is 18.2 Å². The Morgan fingerprint density at radius 3 is 2.19 bits per heavy atom. The van der Waals surface area contributed by atoms with Crippen molar-refractivity contribution < 1.29 is 24.0 Å². The number of fused-ring (bicyclic) bond motifs is 1. The normalized spacial score (nSPS) is 21.9. The number of piperazine rings is 1. The highest BCUT2D eigenvalue weighted by Crippen LogP contribution is 2.31. The zero-order valence-electron chi connectivity index (χ0n) is 25.2. The van der Waals surface area contributed by atoms with E-state index in [4.69, 9.17) is 5.73 Å². The van der Waals surface area contributed by atoms with E-state index in [1.807, 2.05) is 6.07 Å². The topological polar surface area (TPSA) is 136 Å². The van der Waals surface area contributed by atoms with E-state index in [1.54, 1.807) is 12.1 Å². The van der Waals surface area contributed by atoms with Crippen molar-refractivity contribution in [3.05, 3.63) is 29.3 Å². The van der Waals surface area contributed by atoms with Crippen molar-refractivity contribution in [1.82, 2.24) is 20.0 Å². The molecule has 5 amide bonds. The summed E-state index contributed by atoms with van der Waals surface area (Å²) in [7, 11) is 0. The number of benzene rings is 1. The fourth-order valence-electron chi connectivity index (χ4n) is 6.86. The van der Waals surface area contributed by atoms with E-state index in [-0.39, 0.29) is 18.7 Å². The Hall–Kier alpha value is -3.31. The van der Waals surface area contributed by atoms with Crippen molar-refractivity contribution >= 4 is 35.2 Å². The first kappa shape index (κ1) is 31.1. The van der Waals surface area contributed by atoms with E-state index >= 15 is 0 Å². The third-order valence-electron chi connectivity index (χ3n) is 9.49. The molecule has 43 heavy (non-hydrogen) atoms. The summed E-state index contributed by atoms with van der Waals surface area (Å²) >= 11 is 0. The fourth-order valence-corrected chi connectivity index (χ4v) is 6.86. The molecule has 4 aliphatic heterocycles. The molecule has 0 spiro atoms. The minimum absolute atomic E-state index is 0.104. The van der Waals surface area contributed by atoms with Crippen LogP contribution in [0.1, 0.15) is 91.3 Å². The number of nitrogens with zero attached hydrogens (tertiary/aromatic N) is 4. The number of imide groups is 2. The molecule has 1 unspecified atom stereocenters. The van der Waals surface area contributed by atoms with Crippen LogP contribution in [0.3, 0.4) is 0 Å². The monoisotopic (exact) mass is 594 g/mol. The lowest BCUT2D eigenvalue weighted by Crippen LogP contribution is -2.54. The lowest BCUT2D eigenvalue weighted by Gasteiger charge is -2.39. The van der Waals surface area contributed by atoms with Crippen LogP contribution in [-0.2, 0) is 14.4 Å². The molecule has 11 nitrogen and oxygen atoms in total. The number of anilines is 1. The molecular formula is C32H46N6O5. The highest BCUT2D eigenvalue weighted by Gasteiger charge is 2.44. The van der Waals surface area contributed by atoms with E-state index in [2.05, 4.69) is 20.0 Å². The van der Waals surface area contributed by atoms with Crippen LogP contribution in [0.5, 0.6) is 0 Å². The van der Waals surface area contributed by atoms with Gasteiger partial charge in [-0.1, -0.05) is 25.7 Å². The number of nitrogens with two attached hydrogens (primary N) is 1. The molecule has 0 radical (unpaired) electrons. The molecule has 1 aromatic carbocycles. The van der Waals surface area contributed by atoms with Gasteiger partial charge in [0.25, 0.3) is 11.8 Å². The van der Waals surface area contributed by atoms with Gasteiger partial charge in [0.05, 0.1) is 11.1 Å². The van der Waals surface area contributed by atoms with E-state index < -0.39 is 23.8 Å². The number of unbranched alkanes of at least 4 members (excludes halogenated alkanes) is 5. The van der Waals surface area contributed by atoms with Gasteiger partial charge in [0.1, 0.15) is 6.04 Å². The van der Waals surface area contributed by atoms with Crippen molar-refractivity contribution in [2.75, 3.05) is 57.3 Å². The SMILES string of the molecule is NCCCCCCCCC(=O)N1CCC(CN2CCN(c3ccc4c(c3)C(=O)N(C3CCC(=O)NC3=O)C4=O)CC2)CC1. The number of likely N-dealkylation sites (tertiary alicyclic amines) is 1. The van der Waals surface area contributed by atoms with Gasteiger partial charge in [-0.15, -0.1) is 0 Å². The molecule has 0 aliphatic carbocycles. The van der Waals surface area contributed by atoms with Gasteiger partial charge in [0.15, 0.2) is 0 Å². The van der Waals surface area contributed by atoms with Gasteiger partial charge >= 0.3 is 0 Å². The molecule has 1 aromatic rings. The van der Waals surface area contributed by atoms with Gasteiger partial charge < -0.3 is 15.5 Å². The van der Waals surface area contributed by atoms with Gasteiger partial charge in [-0.05, 0) is 62.8 Å². The number of amides is 5. The van der Waals surface area contributed by atoms with Crippen molar-refractivity contribution in [3.8, 4) is 0 Å². The van der Waals surface area contributed by atoms with Crippen LogP contribution >= 0.6 is 0 Å². The van der Waals surface area contributed by atoms with E-state index in [9.17, 15) is 24.0 Å². The minimum Gasteiger partial charge on any atom is -0.369 e. The summed E-state index contributed by atoms with van der Waals surface area (Å²) in [5.41, 5.74) is 7.06. The summed E-state index contributed by atoms with van der Waals surface area (Å²) in [4.78, 5) is 70.5. The third-order valence-corrected chi connectivity index (χ3v) is 9.49. The number of nitrogens with one attached hydrogen (secondary N) is 1. The second-order valence-corrected chi connectivity index (χ2v) is 12.4. The molecule has 0 saturated carbocycles. The van der Waals surface area contributed by atoms with Crippen LogP contribution in [0.4, 0.5) is 5.69 Å². The van der Waals surface area contributed by atoms with E-state index in [0.717, 1.165) is 95.0 Å². The average Bonchev–Trinajstić information content (AvgIpc) is 3.26. The average molecular weight is 595 g/mol. The van der Waals surface area contributed by atoms with Gasteiger partial charge in [-0.2, -0.15) is 0 Å². The Morgan fingerprint density at radius 2 is 1.49 bits per heavy atom. The van der Waals surface area contributed by atoms with Crippen LogP contribution in [0, 0.1) is 5.92 Å². The second kappa shape index (κ2) is 14.4. The Kier molecular flexibility index (Phi) is 10.5. The Morgan fingerprint density at radius 1 is 0.814 bits per heavy atom. The van der Waals surface area contributed by atoms with Gasteiger partial charge in [-0.3, -0.25) is 39.1 Å². The minimum atomic E-state index is -0.955. The largest absolute Gasteiger partial charge is 0.369 e. The van der Waals surface area contributed by atoms with Crippen LogP contribution in [0.25, 0.3) is 0 Å². The number of rotatable bonds is 12. The molecule has 4 aliphatic rings. The Labute approximate surface area is 254 Å². The first-order valence-corrected chi connectivity index (χ1v) is 16.2. The van der Waals surface area contributed by atoms with Crippen LogP contribution in [-0.4, -0.2) is 103 Å². The molecule has 1 atom stereocenters. The maximum Gasteiger partial charge on any atom is 0.262 e. The summed E-state index contributed by atoms with van der Waals surface area (Å²) in [6, 6.07) is 4.37. The molecule has 0 aromatic heterocycles. The quantitative estimate of drug-likeness (QED) is 0.278. The fraction of sp³-hybridized carbons (Fsp3) is 0.656. The molecule has 234 valence electrons. The summed E-state index contributed by atoms with van der Waals surface area (Å²) < 4.78 is 0. The summed E-state index contributed by atoms with van der Waals surface area (Å²) in [6.45, 7) is 6.99. The number of hydrogen-bond donors (Lipinski definition) is 2. The summed E-state index contributed by atoms with van der Waals surface area (Å²) in [5, 5.41) is 2.24. The Balaban J connectivity index is 1.04. The first-order valence-electron chi connectivity index (χ1n) is 16.2. The van der Waals surface area contributed by atoms with Crippen molar-refractivity contribution in [3.63, 3.8) is 0 Å². The molecular weight excluding hydrogens is 548 g/mol. The second-order valence-electron chi connectivity index (χ2n) is 12.4. The maximum atomic E-state index is 13.2. The highest BCUT2D eigenvalue weighted by atomic mass is 16.2. The predicted molar refractivity (Wildman–Crippen MR) is 162 cm³/mol. The molecule has 5 rings (SSSR count). The van der Waals surface area contributed by atoms with Crippen molar-refractivity contribution in [2.45, 2.75) is 76.7 Å². The zero-order valence-corrected chi connectivity index (χ0v) is 25.2. The highest BCUT2D eigenvalue weighted by molar-refractivity contribution is 6.23. The molecule has 0 bridgehead atoms. The molecule has 4 heterocycles. The van der Waals surface area contributed by atoms with Crippen LogP contribution in [0.2, 0.25) is 0 Å². The third kappa shape index (κ3) is 7.44. The summed E-state index contributed by atoms with van der Waals surface area (Å²) in [6.07, 6.45) is 9.82. The van der Waals surface area contributed by atoms with Crippen molar-refractivity contribution in [2.24, 2.45) is 11.7 Å². The standard InChI is InChI=1S/C32H46N6O5/c33-14-6-4-2-1-3-5-7-29(40)37-15-12-23(13-16-37)22-35-17-19-36(20-18-35)24-8-9-25-26(21-24)32(43)38(31(25)42)27-10-11-28(39)34-30(27)41/h8-9,21,23,27H,1-7,10-20,22,33H2,(H,34,39,41).